The minimum absolute atomic E-state index is 0.00271. The number of nitrogens with two attached hydrogens (primary N) is 1. The molecule has 0 aromatic carbocycles. The van der Waals surface area contributed by atoms with Gasteiger partial charge in [-0.25, -0.2) is 0 Å². The molecule has 0 bridgehead atoms. The Hall–Kier alpha value is -2.98. The quantitative estimate of drug-likeness (QED) is 0.907. The van der Waals surface area contributed by atoms with Crippen LogP contribution in [0.5, 0.6) is 5.75 Å². The van der Waals surface area contributed by atoms with Gasteiger partial charge in [0, 0.05) is 18.4 Å². The van der Waals surface area contributed by atoms with E-state index in [1.807, 2.05) is 6.92 Å². The van der Waals surface area contributed by atoms with Crippen molar-refractivity contribution in [1.82, 2.24) is 4.57 Å². The van der Waals surface area contributed by atoms with Crippen molar-refractivity contribution in [3.63, 3.8) is 0 Å². The van der Waals surface area contributed by atoms with Gasteiger partial charge in [-0.1, -0.05) is 0 Å². The Balaban J connectivity index is 1.88. The van der Waals surface area contributed by atoms with Crippen LogP contribution in [0.25, 0.3) is 0 Å². The molecule has 0 unspecified atom stereocenters. The molecule has 7 nitrogen and oxygen atoms in total. The SMILES string of the molecule is Cc1cc2c(c(=O)n1C[C@@H]1CCCO1)[C@@H](c1ccco1)C(C#N)=C(N)O2. The van der Waals surface area contributed by atoms with Gasteiger partial charge in [0.25, 0.3) is 5.56 Å². The Morgan fingerprint density at radius 2 is 2.31 bits per heavy atom. The normalized spacial score (nSPS) is 22.0. The molecule has 1 saturated heterocycles. The number of nitriles is 1. The Bertz CT molecular complexity index is 960. The van der Waals surface area contributed by atoms with Gasteiger partial charge in [-0.15, -0.1) is 0 Å². The summed E-state index contributed by atoms with van der Waals surface area (Å²) >= 11 is 0. The third-order valence-electron chi connectivity index (χ3n) is 4.93. The first kappa shape index (κ1) is 16.5. The number of allylic oxidation sites excluding steroid dienone is 1. The Labute approximate surface area is 150 Å². The lowest BCUT2D eigenvalue weighted by molar-refractivity contribution is 0.0954. The number of nitrogens with zero attached hydrogens (tertiary/aromatic N) is 2. The van der Waals surface area contributed by atoms with Gasteiger partial charge in [0.05, 0.1) is 30.4 Å². The van der Waals surface area contributed by atoms with Crippen LogP contribution in [0.1, 0.15) is 35.8 Å². The van der Waals surface area contributed by atoms with E-state index in [2.05, 4.69) is 6.07 Å². The molecule has 1 fully saturated rings. The minimum Gasteiger partial charge on any atom is -0.468 e. The highest BCUT2D eigenvalue weighted by Crippen LogP contribution is 2.40. The molecule has 4 rings (SSSR count). The van der Waals surface area contributed by atoms with Gasteiger partial charge in [-0.05, 0) is 31.9 Å². The van der Waals surface area contributed by atoms with Crippen LogP contribution >= 0.6 is 0 Å². The maximum Gasteiger partial charge on any atom is 0.258 e. The van der Waals surface area contributed by atoms with Crippen molar-refractivity contribution >= 4 is 0 Å². The van der Waals surface area contributed by atoms with Crippen LogP contribution < -0.4 is 16.0 Å². The summed E-state index contributed by atoms with van der Waals surface area (Å²) in [6.45, 7) is 3.05. The van der Waals surface area contributed by atoms with E-state index in [9.17, 15) is 10.1 Å². The van der Waals surface area contributed by atoms with E-state index in [1.54, 1.807) is 22.8 Å². The first-order valence-corrected chi connectivity index (χ1v) is 8.57. The van der Waals surface area contributed by atoms with Crippen LogP contribution in [-0.4, -0.2) is 17.3 Å². The number of aromatic nitrogens is 1. The number of furan rings is 1. The Morgan fingerprint density at radius 1 is 1.46 bits per heavy atom. The van der Waals surface area contributed by atoms with Crippen molar-refractivity contribution in [1.29, 1.82) is 5.26 Å². The fourth-order valence-corrected chi connectivity index (χ4v) is 3.65. The minimum atomic E-state index is -0.678. The average molecular weight is 353 g/mol. The van der Waals surface area contributed by atoms with Crippen molar-refractivity contribution in [2.75, 3.05) is 6.61 Å². The van der Waals surface area contributed by atoms with Crippen LogP contribution in [0.2, 0.25) is 0 Å². The second-order valence-corrected chi connectivity index (χ2v) is 6.55. The lowest BCUT2D eigenvalue weighted by atomic mass is 9.88. The second kappa shape index (κ2) is 6.39. The predicted octanol–water partition coefficient (Wildman–Crippen LogP) is 2.15. The molecule has 2 aliphatic heterocycles. The molecule has 2 aliphatic rings. The number of rotatable bonds is 3. The fourth-order valence-electron chi connectivity index (χ4n) is 3.65. The molecule has 0 spiro atoms. The zero-order chi connectivity index (χ0) is 18.3. The van der Waals surface area contributed by atoms with Gasteiger partial charge in [0.2, 0.25) is 5.88 Å². The summed E-state index contributed by atoms with van der Waals surface area (Å²) in [5, 5.41) is 9.56. The van der Waals surface area contributed by atoms with Crippen LogP contribution in [0, 0.1) is 18.3 Å². The molecule has 7 heteroatoms. The first-order chi connectivity index (χ1) is 12.6. The zero-order valence-electron chi connectivity index (χ0n) is 14.4. The van der Waals surface area contributed by atoms with E-state index in [-0.39, 0.29) is 23.1 Å². The Kier molecular flexibility index (Phi) is 4.05. The lowest BCUT2D eigenvalue weighted by Gasteiger charge is -2.26. The molecule has 0 aliphatic carbocycles. The third kappa shape index (κ3) is 2.59. The van der Waals surface area contributed by atoms with Gasteiger partial charge < -0.3 is 24.2 Å². The molecule has 0 radical (unpaired) electrons. The van der Waals surface area contributed by atoms with Gasteiger partial charge in [-0.2, -0.15) is 5.26 Å². The van der Waals surface area contributed by atoms with Crippen LogP contribution in [0.4, 0.5) is 0 Å². The fraction of sp³-hybridized carbons (Fsp3) is 0.368. The molecule has 2 aromatic rings. The van der Waals surface area contributed by atoms with Crippen LogP contribution in [0.3, 0.4) is 0 Å². The molecule has 0 saturated carbocycles. The number of hydrogen-bond donors (Lipinski definition) is 1. The van der Waals surface area contributed by atoms with E-state index >= 15 is 0 Å². The van der Waals surface area contributed by atoms with Crippen LogP contribution in [-0.2, 0) is 11.3 Å². The summed E-state index contributed by atoms with van der Waals surface area (Å²) in [4.78, 5) is 13.3. The summed E-state index contributed by atoms with van der Waals surface area (Å²) in [6, 6.07) is 7.29. The van der Waals surface area contributed by atoms with Crippen molar-refractivity contribution in [3.8, 4) is 11.8 Å². The smallest absolute Gasteiger partial charge is 0.258 e. The van der Waals surface area contributed by atoms with Gasteiger partial charge >= 0.3 is 0 Å². The topological polar surface area (TPSA) is 103 Å². The summed E-state index contributed by atoms with van der Waals surface area (Å²) in [6.07, 6.45) is 3.46. The zero-order valence-corrected chi connectivity index (χ0v) is 14.4. The summed E-state index contributed by atoms with van der Waals surface area (Å²) in [5.74, 6) is 0.173. The van der Waals surface area contributed by atoms with Crippen molar-refractivity contribution in [2.45, 2.75) is 38.3 Å². The first-order valence-electron chi connectivity index (χ1n) is 8.57. The molecule has 2 atom stereocenters. The lowest BCUT2D eigenvalue weighted by Crippen LogP contribution is -2.34. The van der Waals surface area contributed by atoms with E-state index in [1.165, 1.54) is 6.26 Å². The molecule has 0 amide bonds. The summed E-state index contributed by atoms with van der Waals surface area (Å²) < 4.78 is 18.5. The molecule has 4 heterocycles. The van der Waals surface area contributed by atoms with E-state index in [4.69, 9.17) is 19.6 Å². The van der Waals surface area contributed by atoms with Crippen molar-refractivity contribution in [2.24, 2.45) is 5.73 Å². The number of pyridine rings is 1. The highest BCUT2D eigenvalue weighted by Gasteiger charge is 2.36. The second-order valence-electron chi connectivity index (χ2n) is 6.55. The van der Waals surface area contributed by atoms with Crippen molar-refractivity contribution in [3.05, 3.63) is 63.3 Å². The summed E-state index contributed by atoms with van der Waals surface area (Å²) in [7, 11) is 0. The van der Waals surface area contributed by atoms with Gasteiger partial charge in [0.1, 0.15) is 23.2 Å². The number of aryl methyl sites for hydroxylation is 1. The maximum absolute atomic E-state index is 13.3. The van der Waals surface area contributed by atoms with E-state index in [0.29, 0.717) is 23.6 Å². The molecule has 2 aromatic heterocycles. The molecular formula is C19H19N3O4. The van der Waals surface area contributed by atoms with Gasteiger partial charge in [-0.3, -0.25) is 4.79 Å². The molecule has 134 valence electrons. The largest absolute Gasteiger partial charge is 0.468 e. The Morgan fingerprint density at radius 3 is 2.96 bits per heavy atom. The number of fused-ring (bicyclic) bond motifs is 1. The predicted molar refractivity (Wildman–Crippen MR) is 92.4 cm³/mol. The molecule has 2 N–H and O–H groups in total. The monoisotopic (exact) mass is 353 g/mol. The summed E-state index contributed by atoms with van der Waals surface area (Å²) in [5.41, 5.74) is 7.03. The van der Waals surface area contributed by atoms with E-state index < -0.39 is 5.92 Å². The third-order valence-corrected chi connectivity index (χ3v) is 4.93. The molecule has 26 heavy (non-hydrogen) atoms. The molecular weight excluding hydrogens is 334 g/mol. The maximum atomic E-state index is 13.3. The van der Waals surface area contributed by atoms with Crippen molar-refractivity contribution < 1.29 is 13.9 Å². The average Bonchev–Trinajstić information content (AvgIpc) is 3.31. The number of hydrogen-bond acceptors (Lipinski definition) is 6. The standard InChI is InChI=1S/C19H19N3O4/c1-11-8-15-17(19(23)22(11)10-12-4-2-6-24-12)16(14-5-3-7-25-14)13(9-20)18(21)26-15/h3,5,7-8,12,16H,2,4,6,10,21H2,1H3/t12-,16+/m0/s1. The highest BCUT2D eigenvalue weighted by molar-refractivity contribution is 5.53. The van der Waals surface area contributed by atoms with Crippen LogP contribution in [0.15, 0.2) is 45.1 Å². The van der Waals surface area contributed by atoms with E-state index in [0.717, 1.165) is 25.1 Å². The highest BCUT2D eigenvalue weighted by atomic mass is 16.5. The van der Waals surface area contributed by atoms with Gasteiger partial charge in [0.15, 0.2) is 0 Å². The number of ether oxygens (including phenoxy) is 2.